The lowest BCUT2D eigenvalue weighted by Crippen LogP contribution is -2.11. The molecular weight excluding hydrogens is 372 g/mol. The number of benzene rings is 2. The van der Waals surface area contributed by atoms with Gasteiger partial charge in [-0.15, -0.1) is 0 Å². The summed E-state index contributed by atoms with van der Waals surface area (Å²) in [5.41, 5.74) is 4.02. The van der Waals surface area contributed by atoms with Crippen LogP contribution in [0.1, 0.15) is 75.3 Å². The number of aryl methyl sites for hydroxylation is 2. The number of carbonyl (C=O) groups excluding carboxylic acids is 2. The Morgan fingerprint density at radius 1 is 0.567 bits per heavy atom. The lowest BCUT2D eigenvalue weighted by Gasteiger charge is -2.08. The van der Waals surface area contributed by atoms with Gasteiger partial charge < -0.3 is 10.6 Å². The molecule has 0 aliphatic carbocycles. The van der Waals surface area contributed by atoms with Crippen molar-refractivity contribution in [2.45, 2.75) is 78.1 Å². The van der Waals surface area contributed by atoms with Gasteiger partial charge in [0, 0.05) is 24.2 Å². The Balaban J connectivity index is 1.42. The van der Waals surface area contributed by atoms with Gasteiger partial charge in [-0.05, 0) is 49.9 Å². The second-order valence-corrected chi connectivity index (χ2v) is 8.05. The summed E-state index contributed by atoms with van der Waals surface area (Å²) >= 11 is 0. The Labute approximate surface area is 181 Å². The van der Waals surface area contributed by atoms with Crippen molar-refractivity contribution in [3.8, 4) is 0 Å². The van der Waals surface area contributed by atoms with E-state index in [2.05, 4.69) is 10.6 Å². The minimum Gasteiger partial charge on any atom is -0.326 e. The molecule has 0 bridgehead atoms. The van der Waals surface area contributed by atoms with Gasteiger partial charge in [-0.2, -0.15) is 0 Å². The standard InChI is InChI=1S/C26H36N2O2/c1-21-15-11-13-17-23(21)27-25(29)19-9-7-5-3-4-6-8-10-20-26(30)28-24-18-14-12-16-22(24)2/h11-18H,3-10,19-20H2,1-2H3,(H,27,29)(H,28,30). The van der Waals surface area contributed by atoms with E-state index in [4.69, 9.17) is 0 Å². The van der Waals surface area contributed by atoms with E-state index < -0.39 is 0 Å². The number of hydrogen-bond donors (Lipinski definition) is 2. The molecule has 0 heterocycles. The van der Waals surface area contributed by atoms with E-state index in [0.717, 1.165) is 48.2 Å². The van der Waals surface area contributed by atoms with E-state index in [1.165, 1.54) is 25.7 Å². The highest BCUT2D eigenvalue weighted by Crippen LogP contribution is 2.16. The molecule has 0 radical (unpaired) electrons. The van der Waals surface area contributed by atoms with Crippen molar-refractivity contribution in [3.63, 3.8) is 0 Å². The van der Waals surface area contributed by atoms with Crippen molar-refractivity contribution in [2.24, 2.45) is 0 Å². The highest BCUT2D eigenvalue weighted by Gasteiger charge is 2.05. The molecule has 0 fully saturated rings. The lowest BCUT2D eigenvalue weighted by molar-refractivity contribution is -0.117. The van der Waals surface area contributed by atoms with Crippen LogP contribution >= 0.6 is 0 Å². The van der Waals surface area contributed by atoms with Crippen LogP contribution in [0.3, 0.4) is 0 Å². The molecule has 0 spiro atoms. The predicted octanol–water partition coefficient (Wildman–Crippen LogP) is 6.78. The largest absolute Gasteiger partial charge is 0.326 e. The maximum absolute atomic E-state index is 12.0. The van der Waals surface area contributed by atoms with E-state index >= 15 is 0 Å². The van der Waals surface area contributed by atoms with Crippen LogP contribution < -0.4 is 10.6 Å². The minimum atomic E-state index is 0.105. The topological polar surface area (TPSA) is 58.2 Å². The second-order valence-electron chi connectivity index (χ2n) is 8.05. The van der Waals surface area contributed by atoms with Crippen molar-refractivity contribution in [2.75, 3.05) is 10.6 Å². The maximum atomic E-state index is 12.0. The average molecular weight is 409 g/mol. The molecule has 0 unspecified atom stereocenters. The van der Waals surface area contributed by atoms with Crippen LogP contribution in [0.15, 0.2) is 48.5 Å². The molecule has 0 aliphatic heterocycles. The number of anilines is 2. The van der Waals surface area contributed by atoms with Crippen LogP contribution in [0.25, 0.3) is 0 Å². The van der Waals surface area contributed by atoms with E-state index in [-0.39, 0.29) is 11.8 Å². The molecule has 2 aromatic rings. The Hall–Kier alpha value is -2.62. The van der Waals surface area contributed by atoms with Gasteiger partial charge in [-0.25, -0.2) is 0 Å². The lowest BCUT2D eigenvalue weighted by atomic mass is 10.1. The third-order valence-electron chi connectivity index (χ3n) is 5.40. The Morgan fingerprint density at radius 3 is 1.27 bits per heavy atom. The highest BCUT2D eigenvalue weighted by atomic mass is 16.2. The Bertz CT molecular complexity index is 734. The molecule has 2 rings (SSSR count). The molecular formula is C26H36N2O2. The number of amides is 2. The molecule has 0 atom stereocenters. The van der Waals surface area contributed by atoms with Gasteiger partial charge in [-0.1, -0.05) is 74.9 Å². The molecule has 0 saturated heterocycles. The first-order chi connectivity index (χ1) is 14.6. The van der Waals surface area contributed by atoms with E-state index in [1.807, 2.05) is 62.4 Å². The monoisotopic (exact) mass is 408 g/mol. The highest BCUT2D eigenvalue weighted by molar-refractivity contribution is 5.91. The van der Waals surface area contributed by atoms with Crippen LogP contribution in [0.2, 0.25) is 0 Å². The van der Waals surface area contributed by atoms with Crippen LogP contribution in [0, 0.1) is 13.8 Å². The number of rotatable bonds is 13. The minimum absolute atomic E-state index is 0.105. The zero-order valence-corrected chi connectivity index (χ0v) is 18.5. The van der Waals surface area contributed by atoms with Crippen molar-refractivity contribution < 1.29 is 9.59 Å². The zero-order valence-electron chi connectivity index (χ0n) is 18.5. The molecule has 4 heteroatoms. The number of unbranched alkanes of at least 4 members (excludes halogenated alkanes) is 7. The van der Waals surface area contributed by atoms with Crippen molar-refractivity contribution >= 4 is 23.2 Å². The van der Waals surface area contributed by atoms with Gasteiger partial charge in [0.2, 0.25) is 11.8 Å². The number of carbonyl (C=O) groups is 2. The summed E-state index contributed by atoms with van der Waals surface area (Å²) in [5, 5.41) is 5.98. The summed E-state index contributed by atoms with van der Waals surface area (Å²) in [6.45, 7) is 4.01. The third-order valence-corrected chi connectivity index (χ3v) is 5.40. The smallest absolute Gasteiger partial charge is 0.224 e. The summed E-state index contributed by atoms with van der Waals surface area (Å²) in [6, 6.07) is 15.7. The number of para-hydroxylation sites is 2. The first-order valence-electron chi connectivity index (χ1n) is 11.3. The summed E-state index contributed by atoms with van der Waals surface area (Å²) in [6.07, 6.45) is 10.0. The summed E-state index contributed by atoms with van der Waals surface area (Å²) < 4.78 is 0. The summed E-state index contributed by atoms with van der Waals surface area (Å²) in [4.78, 5) is 24.0. The number of nitrogens with one attached hydrogen (secondary N) is 2. The van der Waals surface area contributed by atoms with Gasteiger partial charge in [-0.3, -0.25) is 9.59 Å². The zero-order chi connectivity index (χ0) is 21.6. The van der Waals surface area contributed by atoms with E-state index in [9.17, 15) is 9.59 Å². The second kappa shape index (κ2) is 13.6. The fourth-order valence-electron chi connectivity index (χ4n) is 3.48. The maximum Gasteiger partial charge on any atom is 0.224 e. The third kappa shape index (κ3) is 9.25. The quantitative estimate of drug-likeness (QED) is 0.359. The van der Waals surface area contributed by atoms with Gasteiger partial charge in [0.25, 0.3) is 0 Å². The predicted molar refractivity (Wildman–Crippen MR) is 126 cm³/mol. The Morgan fingerprint density at radius 2 is 0.900 bits per heavy atom. The molecule has 4 nitrogen and oxygen atoms in total. The van der Waals surface area contributed by atoms with Crippen molar-refractivity contribution in [1.29, 1.82) is 0 Å². The molecule has 0 saturated carbocycles. The van der Waals surface area contributed by atoms with Crippen LogP contribution in [-0.4, -0.2) is 11.8 Å². The Kier molecular flexibility index (Phi) is 10.7. The molecule has 2 N–H and O–H groups in total. The van der Waals surface area contributed by atoms with Gasteiger partial charge in [0.1, 0.15) is 0 Å². The number of hydrogen-bond acceptors (Lipinski definition) is 2. The van der Waals surface area contributed by atoms with Crippen LogP contribution in [0.5, 0.6) is 0 Å². The van der Waals surface area contributed by atoms with Gasteiger partial charge in [0.15, 0.2) is 0 Å². The fourth-order valence-corrected chi connectivity index (χ4v) is 3.48. The van der Waals surface area contributed by atoms with Crippen molar-refractivity contribution in [1.82, 2.24) is 0 Å². The molecule has 30 heavy (non-hydrogen) atoms. The fraction of sp³-hybridized carbons (Fsp3) is 0.462. The first kappa shape index (κ1) is 23.7. The molecule has 2 amide bonds. The molecule has 162 valence electrons. The first-order valence-corrected chi connectivity index (χ1v) is 11.3. The molecule has 2 aromatic carbocycles. The van der Waals surface area contributed by atoms with E-state index in [1.54, 1.807) is 0 Å². The molecule has 0 aliphatic rings. The summed E-state index contributed by atoms with van der Waals surface area (Å²) in [5.74, 6) is 0.210. The van der Waals surface area contributed by atoms with Gasteiger partial charge >= 0.3 is 0 Å². The SMILES string of the molecule is Cc1ccccc1NC(=O)CCCCCCCCCCC(=O)Nc1ccccc1C. The molecule has 0 aromatic heterocycles. The van der Waals surface area contributed by atoms with E-state index in [0.29, 0.717) is 12.8 Å². The van der Waals surface area contributed by atoms with Crippen LogP contribution in [-0.2, 0) is 9.59 Å². The average Bonchev–Trinajstić information content (AvgIpc) is 2.73. The van der Waals surface area contributed by atoms with Crippen LogP contribution in [0.4, 0.5) is 11.4 Å². The van der Waals surface area contributed by atoms with Gasteiger partial charge in [0.05, 0.1) is 0 Å². The summed E-state index contributed by atoms with van der Waals surface area (Å²) in [7, 11) is 0. The normalized spacial score (nSPS) is 10.6. The van der Waals surface area contributed by atoms with Crippen molar-refractivity contribution in [3.05, 3.63) is 59.7 Å².